The largest absolute Gasteiger partial charge is 2.00 e. The maximum absolute atomic E-state index is 6.27. The Morgan fingerprint density at radius 1 is 0.818 bits per heavy atom. The van der Waals surface area contributed by atoms with Gasteiger partial charge in [-0.15, -0.1) is 41.5 Å². The number of nitrogens with zero attached hydrogens (tertiary/aromatic N) is 3. The molecule has 7 rings (SSSR count). The predicted molar refractivity (Wildman–Crippen MR) is 179 cm³/mol. The van der Waals surface area contributed by atoms with Crippen molar-refractivity contribution < 1.29 is 30.4 Å². The number of pyridine rings is 1. The third-order valence-corrected chi connectivity index (χ3v) is 9.10. The predicted octanol–water partition coefficient (Wildman–Crippen LogP) is 10.3. The van der Waals surface area contributed by atoms with Crippen LogP contribution in [0.4, 0.5) is 5.69 Å². The molecule has 1 aliphatic rings. The second-order valence-corrected chi connectivity index (χ2v) is 12.5. The van der Waals surface area contributed by atoms with Gasteiger partial charge in [-0.05, 0) is 39.7 Å². The molecule has 0 N–H and O–H groups in total. The van der Waals surface area contributed by atoms with Gasteiger partial charge in [0.2, 0.25) is 5.88 Å². The van der Waals surface area contributed by atoms with Crippen molar-refractivity contribution in [2.75, 3.05) is 0 Å². The molecule has 0 spiro atoms. The van der Waals surface area contributed by atoms with Crippen molar-refractivity contribution in [1.82, 2.24) is 4.98 Å². The minimum atomic E-state index is -0.150. The van der Waals surface area contributed by atoms with Gasteiger partial charge in [-0.1, -0.05) is 86.6 Å². The molecule has 0 radical (unpaired) electrons. The Balaban J connectivity index is 0.00000343. The van der Waals surface area contributed by atoms with Crippen molar-refractivity contribution in [3.05, 3.63) is 120 Å². The summed E-state index contributed by atoms with van der Waals surface area (Å²) in [4.78, 5) is 9.73. The summed E-state index contributed by atoms with van der Waals surface area (Å²) in [5.41, 5.74) is 6.65. The standard InChI is InChI=1S/C38H32N3OS.Pt/c1-24(2)28-14-8-15-29(25(3)4)37(28)41-22-34(39-23-41)26-11-7-12-27(21-26)42-36-20-10-18-33(40-36)32-17-9-16-31-30-13-5-6-19-35(30)43-38(31)32;/h5-16,18-20,22-25,34H,1-4H3;/q-1;+2. The van der Waals surface area contributed by atoms with Gasteiger partial charge in [0.15, 0.2) is 6.04 Å². The molecule has 4 nitrogen and oxygen atoms in total. The molecule has 4 aromatic carbocycles. The molecule has 1 aliphatic heterocycles. The SMILES string of the molecule is CC(C)c1cccc(C(C)C)c1[N+]1=CC(c2[c-]c(Oc3cccc(-c4[c-]ccc5c4sc4ccccc45)n3)ccc2)N=C1.[Pt+2]. The Morgan fingerprint density at radius 3 is 2.36 bits per heavy atom. The zero-order valence-electron chi connectivity index (χ0n) is 25.0. The van der Waals surface area contributed by atoms with Gasteiger partial charge in [-0.2, -0.15) is 23.5 Å². The smallest absolute Gasteiger partial charge is 0.466 e. The molecule has 220 valence electrons. The van der Waals surface area contributed by atoms with Crippen LogP contribution in [0.1, 0.15) is 62.3 Å². The Kier molecular flexibility index (Phi) is 8.62. The zero-order valence-corrected chi connectivity index (χ0v) is 28.1. The van der Waals surface area contributed by atoms with E-state index in [0.717, 1.165) is 16.8 Å². The molecule has 0 saturated heterocycles. The van der Waals surface area contributed by atoms with Gasteiger partial charge in [-0.25, -0.2) is 4.58 Å². The van der Waals surface area contributed by atoms with Crippen LogP contribution in [0, 0.1) is 12.1 Å². The van der Waals surface area contributed by atoms with Crippen molar-refractivity contribution in [2.24, 2.45) is 4.99 Å². The Bertz CT molecular complexity index is 2020. The summed E-state index contributed by atoms with van der Waals surface area (Å²) < 4.78 is 10.9. The van der Waals surface area contributed by atoms with Crippen LogP contribution in [0.15, 0.2) is 96.0 Å². The van der Waals surface area contributed by atoms with Gasteiger partial charge in [0.05, 0.1) is 0 Å². The first kappa shape index (κ1) is 30.1. The summed E-state index contributed by atoms with van der Waals surface area (Å²) >= 11 is 1.77. The van der Waals surface area contributed by atoms with E-state index >= 15 is 0 Å². The van der Waals surface area contributed by atoms with E-state index in [1.54, 1.807) is 11.3 Å². The van der Waals surface area contributed by atoms with Crippen molar-refractivity contribution in [3.63, 3.8) is 0 Å². The van der Waals surface area contributed by atoms with E-state index in [1.807, 2.05) is 48.8 Å². The maximum atomic E-state index is 6.27. The summed E-state index contributed by atoms with van der Waals surface area (Å²) in [6, 6.07) is 37.8. The number of thiophene rings is 1. The molecular weight excluding hydrogens is 742 g/mol. The Labute approximate surface area is 277 Å². The fraction of sp³-hybridized carbons (Fsp3) is 0.184. The fourth-order valence-electron chi connectivity index (χ4n) is 5.78. The number of ether oxygens (including phenoxy) is 1. The van der Waals surface area contributed by atoms with Crippen LogP contribution in [0.25, 0.3) is 31.4 Å². The van der Waals surface area contributed by atoms with Gasteiger partial charge < -0.3 is 4.74 Å². The van der Waals surface area contributed by atoms with Crippen molar-refractivity contribution in [3.8, 4) is 22.9 Å². The number of fused-ring (bicyclic) bond motifs is 3. The molecule has 1 atom stereocenters. The molecular formula is C38H32N3OPtS+. The summed E-state index contributed by atoms with van der Waals surface area (Å²) in [5.74, 6) is 1.94. The quantitative estimate of drug-likeness (QED) is 0.120. The van der Waals surface area contributed by atoms with Crippen LogP contribution < -0.4 is 4.74 Å². The molecule has 44 heavy (non-hydrogen) atoms. The van der Waals surface area contributed by atoms with Crippen LogP contribution in [0.5, 0.6) is 11.6 Å². The molecule has 0 fully saturated rings. The molecule has 0 saturated carbocycles. The molecule has 0 bridgehead atoms. The van der Waals surface area contributed by atoms with Gasteiger partial charge in [0, 0.05) is 21.6 Å². The van der Waals surface area contributed by atoms with Crippen LogP contribution >= 0.6 is 11.3 Å². The average Bonchev–Trinajstić information content (AvgIpc) is 3.66. The number of benzene rings is 4. The van der Waals surface area contributed by atoms with Crippen molar-refractivity contribution in [1.29, 1.82) is 0 Å². The number of para-hydroxylation sites is 1. The molecule has 1 unspecified atom stereocenters. The molecule has 0 amide bonds. The number of hydrogen-bond donors (Lipinski definition) is 0. The van der Waals surface area contributed by atoms with E-state index < -0.39 is 0 Å². The van der Waals surface area contributed by atoms with Crippen molar-refractivity contribution in [2.45, 2.75) is 45.6 Å². The summed E-state index contributed by atoms with van der Waals surface area (Å²) in [5, 5.41) is 2.48. The first-order valence-corrected chi connectivity index (χ1v) is 15.6. The van der Waals surface area contributed by atoms with Crippen LogP contribution in [-0.2, 0) is 21.1 Å². The summed E-state index contributed by atoms with van der Waals surface area (Å²) in [7, 11) is 0. The fourth-order valence-corrected chi connectivity index (χ4v) is 6.98. The molecule has 0 aliphatic carbocycles. The van der Waals surface area contributed by atoms with E-state index in [1.165, 1.54) is 37.0 Å². The second-order valence-electron chi connectivity index (χ2n) is 11.5. The first-order chi connectivity index (χ1) is 21.0. The number of rotatable bonds is 7. The van der Waals surface area contributed by atoms with Crippen LogP contribution in [-0.4, -0.2) is 22.1 Å². The third kappa shape index (κ3) is 5.67. The second kappa shape index (κ2) is 12.6. The molecule has 3 heterocycles. The van der Waals surface area contributed by atoms with Gasteiger partial charge in [-0.3, -0.25) is 4.98 Å². The van der Waals surface area contributed by atoms with Crippen molar-refractivity contribution >= 4 is 49.7 Å². The Morgan fingerprint density at radius 2 is 1.57 bits per heavy atom. The van der Waals surface area contributed by atoms with E-state index in [4.69, 9.17) is 14.7 Å². The normalized spacial score (nSPS) is 14.4. The van der Waals surface area contributed by atoms with Crippen LogP contribution in [0.2, 0.25) is 0 Å². The van der Waals surface area contributed by atoms with Crippen LogP contribution in [0.3, 0.4) is 0 Å². The van der Waals surface area contributed by atoms with Gasteiger partial charge in [0.1, 0.15) is 11.9 Å². The van der Waals surface area contributed by atoms with E-state index in [2.05, 4.69) is 99.1 Å². The number of aromatic nitrogens is 1. The van der Waals surface area contributed by atoms with E-state index in [-0.39, 0.29) is 27.1 Å². The minimum absolute atomic E-state index is 0. The minimum Gasteiger partial charge on any atom is -0.466 e. The molecule has 2 aromatic heterocycles. The van der Waals surface area contributed by atoms with E-state index in [9.17, 15) is 0 Å². The topological polar surface area (TPSA) is 37.5 Å². The summed E-state index contributed by atoms with van der Waals surface area (Å²) in [6.07, 6.45) is 4.11. The Hall–Kier alpha value is -3.92. The number of hydrogen-bond acceptors (Lipinski definition) is 4. The summed E-state index contributed by atoms with van der Waals surface area (Å²) in [6.45, 7) is 8.97. The van der Waals surface area contributed by atoms with Gasteiger partial charge in [0.25, 0.3) is 6.34 Å². The average molecular weight is 774 g/mol. The van der Waals surface area contributed by atoms with E-state index in [0.29, 0.717) is 23.5 Å². The first-order valence-electron chi connectivity index (χ1n) is 14.7. The zero-order chi connectivity index (χ0) is 29.5. The third-order valence-electron chi connectivity index (χ3n) is 7.90. The maximum Gasteiger partial charge on any atom is 2.00 e. The van der Waals surface area contributed by atoms with Gasteiger partial charge >= 0.3 is 21.1 Å². The molecule has 6 heteroatoms. The number of aliphatic imine (C=N–C) groups is 1. The monoisotopic (exact) mass is 773 g/mol. The molecule has 6 aromatic rings.